The fraction of sp³-hybridized carbons (Fsp3) is 1.00. The highest BCUT2D eigenvalue weighted by Gasteiger charge is 2.04. The normalized spacial score (nSPS) is 13.8. The van der Waals surface area contributed by atoms with E-state index >= 15 is 0 Å². The van der Waals surface area contributed by atoms with E-state index in [1.54, 1.807) is 0 Å². The second kappa shape index (κ2) is 7.53. The SMILES string of the molecule is CCOCCN(C)CC(O)CC. The van der Waals surface area contributed by atoms with E-state index in [1.807, 2.05) is 20.9 Å². The van der Waals surface area contributed by atoms with Crippen LogP contribution in [0.3, 0.4) is 0 Å². The number of nitrogens with zero attached hydrogens (tertiary/aromatic N) is 1. The van der Waals surface area contributed by atoms with Gasteiger partial charge in [0.05, 0.1) is 12.7 Å². The highest BCUT2D eigenvalue weighted by molar-refractivity contribution is 4.58. The first-order valence-corrected chi connectivity index (χ1v) is 4.65. The number of hydrogen-bond acceptors (Lipinski definition) is 3. The Bertz CT molecular complexity index is 98.5. The van der Waals surface area contributed by atoms with Gasteiger partial charge in [0.15, 0.2) is 0 Å². The van der Waals surface area contributed by atoms with Crippen molar-refractivity contribution in [1.82, 2.24) is 4.90 Å². The van der Waals surface area contributed by atoms with Gasteiger partial charge in [0.2, 0.25) is 0 Å². The number of ether oxygens (including phenoxy) is 1. The van der Waals surface area contributed by atoms with Gasteiger partial charge in [-0.2, -0.15) is 0 Å². The van der Waals surface area contributed by atoms with Crippen LogP contribution in [0.15, 0.2) is 0 Å². The molecular formula is C9H21NO2. The second-order valence-electron chi connectivity index (χ2n) is 3.02. The van der Waals surface area contributed by atoms with Gasteiger partial charge in [-0.15, -0.1) is 0 Å². The van der Waals surface area contributed by atoms with Crippen LogP contribution in [0.25, 0.3) is 0 Å². The average Bonchev–Trinajstić information content (AvgIpc) is 2.05. The molecule has 0 aromatic heterocycles. The van der Waals surface area contributed by atoms with Crippen LogP contribution in [0.2, 0.25) is 0 Å². The maximum atomic E-state index is 9.30. The summed E-state index contributed by atoms with van der Waals surface area (Å²) in [5.41, 5.74) is 0. The lowest BCUT2D eigenvalue weighted by molar-refractivity contribution is 0.0875. The van der Waals surface area contributed by atoms with Crippen LogP contribution in [0, 0.1) is 0 Å². The molecule has 0 radical (unpaired) electrons. The zero-order chi connectivity index (χ0) is 9.40. The first-order chi connectivity index (χ1) is 5.70. The number of aliphatic hydroxyl groups excluding tert-OH is 1. The van der Waals surface area contributed by atoms with Crippen LogP contribution in [-0.2, 0) is 4.74 Å². The molecule has 1 atom stereocenters. The molecule has 3 nitrogen and oxygen atoms in total. The minimum absolute atomic E-state index is 0.198. The Morgan fingerprint density at radius 2 is 2.08 bits per heavy atom. The van der Waals surface area contributed by atoms with E-state index in [1.165, 1.54) is 0 Å². The van der Waals surface area contributed by atoms with Crippen molar-refractivity contribution in [3.63, 3.8) is 0 Å². The van der Waals surface area contributed by atoms with Crippen LogP contribution in [0.5, 0.6) is 0 Å². The van der Waals surface area contributed by atoms with Gasteiger partial charge in [-0.05, 0) is 20.4 Å². The van der Waals surface area contributed by atoms with Crippen molar-refractivity contribution in [2.75, 3.05) is 33.4 Å². The van der Waals surface area contributed by atoms with Gasteiger partial charge in [-0.1, -0.05) is 6.92 Å². The molecule has 0 aliphatic carbocycles. The van der Waals surface area contributed by atoms with Crippen LogP contribution in [0.4, 0.5) is 0 Å². The van der Waals surface area contributed by atoms with Crippen LogP contribution in [0.1, 0.15) is 20.3 Å². The molecule has 0 aromatic carbocycles. The molecule has 0 amide bonds. The minimum atomic E-state index is -0.198. The van der Waals surface area contributed by atoms with E-state index in [0.29, 0.717) is 0 Å². The number of aliphatic hydroxyl groups is 1. The average molecular weight is 175 g/mol. The molecule has 0 heterocycles. The van der Waals surface area contributed by atoms with E-state index in [9.17, 15) is 5.11 Å². The number of likely N-dealkylation sites (N-methyl/N-ethyl adjacent to an activating group) is 1. The minimum Gasteiger partial charge on any atom is -0.392 e. The Hall–Kier alpha value is -0.120. The Balaban J connectivity index is 3.26. The lowest BCUT2D eigenvalue weighted by Crippen LogP contribution is -2.31. The zero-order valence-electron chi connectivity index (χ0n) is 8.42. The summed E-state index contributed by atoms with van der Waals surface area (Å²) in [5.74, 6) is 0. The quantitative estimate of drug-likeness (QED) is 0.579. The first kappa shape index (κ1) is 11.9. The molecule has 0 rings (SSSR count). The molecule has 74 valence electrons. The Labute approximate surface area is 75.3 Å². The van der Waals surface area contributed by atoms with Gasteiger partial charge >= 0.3 is 0 Å². The number of hydrogen-bond donors (Lipinski definition) is 1. The summed E-state index contributed by atoms with van der Waals surface area (Å²) >= 11 is 0. The third-order valence-corrected chi connectivity index (χ3v) is 1.82. The van der Waals surface area contributed by atoms with Crippen LogP contribution >= 0.6 is 0 Å². The summed E-state index contributed by atoms with van der Waals surface area (Å²) in [7, 11) is 2.00. The molecule has 1 unspecified atom stereocenters. The molecule has 0 saturated heterocycles. The maximum Gasteiger partial charge on any atom is 0.0664 e. The molecule has 0 aliphatic heterocycles. The van der Waals surface area contributed by atoms with Crippen LogP contribution < -0.4 is 0 Å². The highest BCUT2D eigenvalue weighted by atomic mass is 16.5. The molecule has 0 bridgehead atoms. The third-order valence-electron chi connectivity index (χ3n) is 1.82. The van der Waals surface area contributed by atoms with Gasteiger partial charge in [-0.25, -0.2) is 0 Å². The van der Waals surface area contributed by atoms with Gasteiger partial charge in [0.1, 0.15) is 0 Å². The van der Waals surface area contributed by atoms with Crippen molar-refractivity contribution in [2.24, 2.45) is 0 Å². The zero-order valence-corrected chi connectivity index (χ0v) is 8.42. The Morgan fingerprint density at radius 1 is 1.42 bits per heavy atom. The molecule has 1 N–H and O–H groups in total. The van der Waals surface area contributed by atoms with Crippen molar-refractivity contribution < 1.29 is 9.84 Å². The van der Waals surface area contributed by atoms with Gasteiger partial charge < -0.3 is 14.7 Å². The summed E-state index contributed by atoms with van der Waals surface area (Å²) in [4.78, 5) is 2.09. The predicted molar refractivity (Wildman–Crippen MR) is 50.3 cm³/mol. The van der Waals surface area contributed by atoms with Gasteiger partial charge in [0, 0.05) is 19.7 Å². The number of rotatable bonds is 7. The monoisotopic (exact) mass is 175 g/mol. The second-order valence-corrected chi connectivity index (χ2v) is 3.02. The van der Waals surface area contributed by atoms with E-state index in [2.05, 4.69) is 4.90 Å². The smallest absolute Gasteiger partial charge is 0.0664 e. The summed E-state index contributed by atoms with van der Waals surface area (Å²) in [6, 6.07) is 0. The topological polar surface area (TPSA) is 32.7 Å². The standard InChI is InChI=1S/C9H21NO2/c1-4-9(11)8-10(3)6-7-12-5-2/h9,11H,4-8H2,1-3H3. The highest BCUT2D eigenvalue weighted by Crippen LogP contribution is 1.93. The molecule has 0 aromatic rings. The molecule has 0 saturated carbocycles. The largest absolute Gasteiger partial charge is 0.392 e. The molecule has 3 heteroatoms. The van der Waals surface area contributed by atoms with Gasteiger partial charge in [-0.3, -0.25) is 0 Å². The van der Waals surface area contributed by atoms with E-state index in [-0.39, 0.29) is 6.10 Å². The van der Waals surface area contributed by atoms with Crippen molar-refractivity contribution >= 4 is 0 Å². The van der Waals surface area contributed by atoms with E-state index in [4.69, 9.17) is 4.74 Å². The summed E-state index contributed by atoms with van der Waals surface area (Å²) in [6.45, 7) is 7.13. The molecular weight excluding hydrogens is 154 g/mol. The predicted octanol–water partition coefficient (Wildman–Crippen LogP) is 0.726. The Morgan fingerprint density at radius 3 is 2.58 bits per heavy atom. The van der Waals surface area contributed by atoms with Crippen LogP contribution in [-0.4, -0.2) is 49.5 Å². The molecule has 12 heavy (non-hydrogen) atoms. The van der Waals surface area contributed by atoms with E-state index in [0.717, 1.165) is 32.7 Å². The van der Waals surface area contributed by atoms with Crippen molar-refractivity contribution in [3.8, 4) is 0 Å². The molecule has 0 aliphatic rings. The fourth-order valence-electron chi connectivity index (χ4n) is 0.945. The fourth-order valence-corrected chi connectivity index (χ4v) is 0.945. The third kappa shape index (κ3) is 6.58. The van der Waals surface area contributed by atoms with E-state index < -0.39 is 0 Å². The van der Waals surface area contributed by atoms with Gasteiger partial charge in [0.25, 0.3) is 0 Å². The molecule has 0 fully saturated rings. The summed E-state index contributed by atoms with van der Waals surface area (Å²) in [5, 5.41) is 9.30. The lowest BCUT2D eigenvalue weighted by atomic mass is 10.2. The van der Waals surface area contributed by atoms with Crippen molar-refractivity contribution in [2.45, 2.75) is 26.4 Å². The maximum absolute atomic E-state index is 9.30. The summed E-state index contributed by atoms with van der Waals surface area (Å²) < 4.78 is 5.20. The first-order valence-electron chi connectivity index (χ1n) is 4.65. The van der Waals surface area contributed by atoms with Crippen molar-refractivity contribution in [3.05, 3.63) is 0 Å². The molecule has 0 spiro atoms. The van der Waals surface area contributed by atoms with Crippen molar-refractivity contribution in [1.29, 1.82) is 0 Å². The summed E-state index contributed by atoms with van der Waals surface area (Å²) in [6.07, 6.45) is 0.621. The Kier molecular flexibility index (Phi) is 7.45. The lowest BCUT2D eigenvalue weighted by Gasteiger charge is -2.19.